The van der Waals surface area contributed by atoms with E-state index in [0.717, 1.165) is 30.0 Å². The lowest BCUT2D eigenvalue weighted by atomic mass is 10.2. The van der Waals surface area contributed by atoms with Gasteiger partial charge in [0.15, 0.2) is 5.82 Å². The Morgan fingerprint density at radius 3 is 2.78 bits per heavy atom. The first-order valence-electron chi connectivity index (χ1n) is 5.90. The number of aromatic nitrogens is 3. The van der Waals surface area contributed by atoms with E-state index >= 15 is 0 Å². The molecule has 2 aromatic heterocycles. The van der Waals surface area contributed by atoms with Gasteiger partial charge in [-0.1, -0.05) is 6.92 Å². The minimum Gasteiger partial charge on any atom is -0.481 e. The van der Waals surface area contributed by atoms with Crippen molar-refractivity contribution in [2.75, 3.05) is 19.0 Å². The van der Waals surface area contributed by atoms with E-state index in [2.05, 4.69) is 27.2 Å². The summed E-state index contributed by atoms with van der Waals surface area (Å²) in [5.41, 5.74) is 1.75. The van der Waals surface area contributed by atoms with Crippen LogP contribution in [0.5, 0.6) is 5.88 Å². The number of hydrogen-bond acceptors (Lipinski definition) is 5. The van der Waals surface area contributed by atoms with Gasteiger partial charge in [-0.2, -0.15) is 0 Å². The minimum atomic E-state index is 0.569. The Balaban J connectivity index is 2.36. The smallest absolute Gasteiger partial charge is 0.213 e. The zero-order chi connectivity index (χ0) is 12.8. The number of nitrogens with zero attached hydrogens (tertiary/aromatic N) is 3. The molecule has 0 aliphatic rings. The van der Waals surface area contributed by atoms with Crippen molar-refractivity contribution in [3.05, 3.63) is 30.7 Å². The van der Waals surface area contributed by atoms with Gasteiger partial charge < -0.3 is 10.1 Å². The molecule has 2 heterocycles. The van der Waals surface area contributed by atoms with Gasteiger partial charge in [-0.3, -0.25) is 4.98 Å². The second kappa shape index (κ2) is 5.95. The van der Waals surface area contributed by atoms with Crippen molar-refractivity contribution < 1.29 is 4.74 Å². The number of ether oxygens (including phenoxy) is 1. The third-order valence-corrected chi connectivity index (χ3v) is 2.46. The molecule has 0 aliphatic carbocycles. The van der Waals surface area contributed by atoms with E-state index in [-0.39, 0.29) is 0 Å². The van der Waals surface area contributed by atoms with Gasteiger partial charge in [-0.05, 0) is 12.5 Å². The molecule has 0 fully saturated rings. The van der Waals surface area contributed by atoms with Crippen molar-refractivity contribution in [3.63, 3.8) is 0 Å². The van der Waals surface area contributed by atoms with E-state index in [1.54, 1.807) is 25.7 Å². The highest BCUT2D eigenvalue weighted by Crippen LogP contribution is 2.25. The highest BCUT2D eigenvalue weighted by molar-refractivity contribution is 5.71. The monoisotopic (exact) mass is 244 g/mol. The Kier molecular flexibility index (Phi) is 4.06. The van der Waals surface area contributed by atoms with E-state index in [4.69, 9.17) is 4.74 Å². The van der Waals surface area contributed by atoms with Gasteiger partial charge in [0.05, 0.1) is 7.11 Å². The summed E-state index contributed by atoms with van der Waals surface area (Å²) in [7, 11) is 1.60. The quantitative estimate of drug-likeness (QED) is 0.875. The summed E-state index contributed by atoms with van der Waals surface area (Å²) < 4.78 is 5.12. The molecular weight excluding hydrogens is 228 g/mol. The second-order valence-corrected chi connectivity index (χ2v) is 3.77. The Hall–Kier alpha value is -2.17. The Bertz CT molecular complexity index is 516. The van der Waals surface area contributed by atoms with Crippen molar-refractivity contribution in [1.82, 2.24) is 15.0 Å². The molecule has 0 amide bonds. The fourth-order valence-corrected chi connectivity index (χ4v) is 1.59. The summed E-state index contributed by atoms with van der Waals surface area (Å²) in [5, 5.41) is 3.26. The Morgan fingerprint density at radius 2 is 2.00 bits per heavy atom. The normalized spacial score (nSPS) is 10.1. The van der Waals surface area contributed by atoms with Gasteiger partial charge in [0.25, 0.3) is 0 Å². The Labute approximate surface area is 106 Å². The van der Waals surface area contributed by atoms with E-state index in [1.807, 2.05) is 12.1 Å². The number of hydrogen-bond donors (Lipinski definition) is 1. The minimum absolute atomic E-state index is 0.569. The average Bonchev–Trinajstić information content (AvgIpc) is 2.45. The van der Waals surface area contributed by atoms with Gasteiger partial charge in [0, 0.05) is 36.8 Å². The molecule has 0 radical (unpaired) electrons. The summed E-state index contributed by atoms with van der Waals surface area (Å²) in [6.07, 6.45) is 6.10. The lowest BCUT2D eigenvalue weighted by molar-refractivity contribution is 0.398. The van der Waals surface area contributed by atoms with E-state index in [1.165, 1.54) is 0 Å². The maximum atomic E-state index is 5.12. The number of pyridine rings is 1. The van der Waals surface area contributed by atoms with Crippen molar-refractivity contribution in [2.45, 2.75) is 13.3 Å². The van der Waals surface area contributed by atoms with E-state index < -0.39 is 0 Å². The fourth-order valence-electron chi connectivity index (χ4n) is 1.59. The zero-order valence-corrected chi connectivity index (χ0v) is 10.6. The molecule has 0 unspecified atom stereocenters. The van der Waals surface area contributed by atoms with Crippen LogP contribution in [-0.2, 0) is 0 Å². The SMILES string of the molecule is CCCNc1nccnc1-c1ccnc(OC)c1. The van der Waals surface area contributed by atoms with Crippen LogP contribution >= 0.6 is 0 Å². The van der Waals surface area contributed by atoms with Crippen LogP contribution in [-0.4, -0.2) is 28.6 Å². The third-order valence-electron chi connectivity index (χ3n) is 2.46. The maximum absolute atomic E-state index is 5.12. The molecule has 0 aliphatic heterocycles. The maximum Gasteiger partial charge on any atom is 0.213 e. The van der Waals surface area contributed by atoms with Crippen LogP contribution in [0.1, 0.15) is 13.3 Å². The van der Waals surface area contributed by atoms with E-state index in [9.17, 15) is 0 Å². The standard InChI is InChI=1S/C13H16N4O/c1-3-5-16-13-12(15-7-8-17-13)10-4-6-14-11(9-10)18-2/h4,6-9H,3,5H2,1-2H3,(H,16,17). The van der Waals surface area contributed by atoms with Crippen molar-refractivity contribution >= 4 is 5.82 Å². The largest absolute Gasteiger partial charge is 0.481 e. The molecule has 94 valence electrons. The highest BCUT2D eigenvalue weighted by Gasteiger charge is 2.08. The summed E-state index contributed by atoms with van der Waals surface area (Å²) in [6.45, 7) is 2.98. The van der Waals surface area contributed by atoms with Crippen molar-refractivity contribution in [1.29, 1.82) is 0 Å². The van der Waals surface area contributed by atoms with Crippen molar-refractivity contribution in [2.24, 2.45) is 0 Å². The molecule has 0 spiro atoms. The predicted octanol–water partition coefficient (Wildman–Crippen LogP) is 2.37. The molecule has 0 atom stereocenters. The number of anilines is 1. The summed E-state index contributed by atoms with van der Waals surface area (Å²) in [6, 6.07) is 3.74. The third kappa shape index (κ3) is 2.74. The van der Waals surface area contributed by atoms with Crippen LogP contribution in [0.15, 0.2) is 30.7 Å². The molecule has 18 heavy (non-hydrogen) atoms. The lowest BCUT2D eigenvalue weighted by Crippen LogP contribution is -2.04. The molecule has 0 saturated heterocycles. The zero-order valence-electron chi connectivity index (χ0n) is 10.6. The second-order valence-electron chi connectivity index (χ2n) is 3.77. The predicted molar refractivity (Wildman–Crippen MR) is 70.6 cm³/mol. The lowest BCUT2D eigenvalue weighted by Gasteiger charge is -2.09. The van der Waals surface area contributed by atoms with E-state index in [0.29, 0.717) is 5.88 Å². The van der Waals surface area contributed by atoms with Crippen LogP contribution in [0.4, 0.5) is 5.82 Å². The first kappa shape index (κ1) is 12.3. The van der Waals surface area contributed by atoms with Crippen molar-refractivity contribution in [3.8, 4) is 17.1 Å². The van der Waals surface area contributed by atoms with Gasteiger partial charge in [0.1, 0.15) is 5.69 Å². The topological polar surface area (TPSA) is 59.9 Å². The van der Waals surface area contributed by atoms with Crippen LogP contribution in [0.3, 0.4) is 0 Å². The number of nitrogens with one attached hydrogen (secondary N) is 1. The molecule has 0 bridgehead atoms. The van der Waals surface area contributed by atoms with Gasteiger partial charge >= 0.3 is 0 Å². The molecule has 5 nitrogen and oxygen atoms in total. The average molecular weight is 244 g/mol. The summed E-state index contributed by atoms with van der Waals surface area (Å²) in [5.74, 6) is 1.35. The molecule has 1 N–H and O–H groups in total. The van der Waals surface area contributed by atoms with Gasteiger partial charge in [-0.15, -0.1) is 0 Å². The molecule has 0 aromatic carbocycles. The highest BCUT2D eigenvalue weighted by atomic mass is 16.5. The van der Waals surface area contributed by atoms with Crippen LogP contribution in [0, 0.1) is 0 Å². The van der Waals surface area contributed by atoms with Gasteiger partial charge in [-0.25, -0.2) is 9.97 Å². The van der Waals surface area contributed by atoms with Crippen LogP contribution in [0.25, 0.3) is 11.3 Å². The number of rotatable bonds is 5. The first-order valence-corrected chi connectivity index (χ1v) is 5.90. The van der Waals surface area contributed by atoms with Crippen LogP contribution in [0.2, 0.25) is 0 Å². The summed E-state index contributed by atoms with van der Waals surface area (Å²) in [4.78, 5) is 12.8. The van der Waals surface area contributed by atoms with Crippen LogP contribution < -0.4 is 10.1 Å². The number of methoxy groups -OCH3 is 1. The fraction of sp³-hybridized carbons (Fsp3) is 0.308. The Morgan fingerprint density at radius 1 is 1.17 bits per heavy atom. The molecule has 0 saturated carbocycles. The molecule has 5 heteroatoms. The summed E-state index contributed by atoms with van der Waals surface area (Å²) >= 11 is 0. The van der Waals surface area contributed by atoms with Gasteiger partial charge in [0.2, 0.25) is 5.88 Å². The first-order chi connectivity index (χ1) is 8.85. The molecular formula is C13H16N4O. The molecule has 2 aromatic rings. The molecule has 2 rings (SSSR count).